The van der Waals surface area contributed by atoms with Crippen LogP contribution in [0, 0.1) is 18.3 Å². The molecule has 0 heterocycles. The quantitative estimate of drug-likeness (QED) is 0.830. The number of rotatable bonds is 6. The molecule has 0 unspecified atom stereocenters. The lowest BCUT2D eigenvalue weighted by Gasteiger charge is -2.11. The minimum atomic E-state index is -0.154. The number of hydrogen-bond donors (Lipinski definition) is 2. The normalized spacial score (nSPS) is 9.96. The summed E-state index contributed by atoms with van der Waals surface area (Å²) in [6.45, 7) is 3.34. The minimum absolute atomic E-state index is 0.0956. The molecular weight excluding hydrogens is 334 g/mol. The van der Waals surface area contributed by atoms with Gasteiger partial charge in [-0.2, -0.15) is 5.26 Å². The molecule has 0 bridgehead atoms. The van der Waals surface area contributed by atoms with Crippen molar-refractivity contribution in [3.05, 3.63) is 59.2 Å². The number of carbonyl (C=O) groups excluding carboxylic acids is 2. The van der Waals surface area contributed by atoms with Crippen molar-refractivity contribution in [1.82, 2.24) is 0 Å². The van der Waals surface area contributed by atoms with Gasteiger partial charge in [0, 0.05) is 24.1 Å². The van der Waals surface area contributed by atoms with Gasteiger partial charge in [0.1, 0.15) is 0 Å². The third kappa shape index (κ3) is 5.98. The second-order valence-corrected chi connectivity index (χ2v) is 6.55. The predicted molar refractivity (Wildman–Crippen MR) is 101 cm³/mol. The van der Waals surface area contributed by atoms with Crippen molar-refractivity contribution >= 4 is 35.0 Å². The number of thioether (sulfide) groups is 1. The molecule has 6 heteroatoms. The van der Waals surface area contributed by atoms with Gasteiger partial charge in [-0.1, -0.05) is 18.2 Å². The lowest BCUT2D eigenvalue weighted by atomic mass is 10.2. The maximum atomic E-state index is 12.1. The van der Waals surface area contributed by atoms with Crippen LogP contribution in [0.3, 0.4) is 0 Å². The first-order chi connectivity index (χ1) is 12.0. The predicted octanol–water partition coefficient (Wildman–Crippen LogP) is 3.70. The second kappa shape index (κ2) is 8.90. The highest BCUT2D eigenvalue weighted by Crippen LogP contribution is 2.21. The average molecular weight is 353 g/mol. The number of benzene rings is 2. The van der Waals surface area contributed by atoms with Crippen LogP contribution >= 0.6 is 11.8 Å². The van der Waals surface area contributed by atoms with Crippen LogP contribution in [0.4, 0.5) is 11.4 Å². The first-order valence-electron chi connectivity index (χ1n) is 7.73. The van der Waals surface area contributed by atoms with E-state index in [-0.39, 0.29) is 11.8 Å². The number of nitrogens with one attached hydrogen (secondary N) is 2. The molecule has 25 heavy (non-hydrogen) atoms. The largest absolute Gasteiger partial charge is 0.326 e. The molecule has 0 aliphatic carbocycles. The van der Waals surface area contributed by atoms with E-state index in [9.17, 15) is 9.59 Å². The molecule has 2 rings (SSSR count). The molecule has 128 valence electrons. The smallest absolute Gasteiger partial charge is 0.234 e. The van der Waals surface area contributed by atoms with E-state index in [0.717, 1.165) is 11.1 Å². The van der Waals surface area contributed by atoms with Crippen molar-refractivity contribution in [3.8, 4) is 6.07 Å². The zero-order chi connectivity index (χ0) is 18.2. The maximum Gasteiger partial charge on any atom is 0.234 e. The second-order valence-electron chi connectivity index (χ2n) is 5.56. The Labute approximate surface area is 151 Å². The van der Waals surface area contributed by atoms with E-state index in [1.165, 1.54) is 18.7 Å². The Kier molecular flexibility index (Phi) is 6.61. The number of amides is 2. The Balaban J connectivity index is 1.87. The molecule has 0 saturated carbocycles. The van der Waals surface area contributed by atoms with E-state index in [0.29, 0.717) is 28.4 Å². The number of anilines is 2. The van der Waals surface area contributed by atoms with Gasteiger partial charge in [-0.3, -0.25) is 9.59 Å². The summed E-state index contributed by atoms with van der Waals surface area (Å²) in [4.78, 5) is 23.3. The van der Waals surface area contributed by atoms with E-state index in [1.54, 1.807) is 24.3 Å². The van der Waals surface area contributed by atoms with Crippen LogP contribution in [0.5, 0.6) is 0 Å². The third-order valence-electron chi connectivity index (χ3n) is 3.42. The fourth-order valence-corrected chi connectivity index (χ4v) is 2.95. The summed E-state index contributed by atoms with van der Waals surface area (Å²) in [5.74, 6) is 0.772. The number of aryl methyl sites for hydroxylation is 1. The Morgan fingerprint density at radius 2 is 1.84 bits per heavy atom. The lowest BCUT2D eigenvalue weighted by Crippen LogP contribution is -2.15. The molecule has 0 aliphatic heterocycles. The highest BCUT2D eigenvalue weighted by molar-refractivity contribution is 7.99. The van der Waals surface area contributed by atoms with E-state index in [4.69, 9.17) is 5.26 Å². The Bertz CT molecular complexity index is 810. The number of nitrogens with zero attached hydrogens (tertiary/aromatic N) is 1. The van der Waals surface area contributed by atoms with E-state index < -0.39 is 0 Å². The van der Waals surface area contributed by atoms with Crippen LogP contribution in [0.1, 0.15) is 23.6 Å². The fourth-order valence-electron chi connectivity index (χ4n) is 2.16. The topological polar surface area (TPSA) is 82.0 Å². The lowest BCUT2D eigenvalue weighted by molar-refractivity contribution is -0.114. The molecule has 0 aliphatic rings. The average Bonchev–Trinajstić information content (AvgIpc) is 2.58. The van der Waals surface area contributed by atoms with E-state index in [1.807, 2.05) is 25.1 Å². The van der Waals surface area contributed by atoms with Crippen LogP contribution in [-0.4, -0.2) is 17.6 Å². The summed E-state index contributed by atoms with van der Waals surface area (Å²) in [6.07, 6.45) is 0. The van der Waals surface area contributed by atoms with Gasteiger partial charge in [-0.05, 0) is 42.3 Å². The molecule has 0 spiro atoms. The Morgan fingerprint density at radius 3 is 2.48 bits per heavy atom. The molecule has 5 nitrogen and oxygen atoms in total. The molecule has 0 aromatic heterocycles. The van der Waals surface area contributed by atoms with Crippen LogP contribution in [0.25, 0.3) is 0 Å². The number of hydrogen-bond acceptors (Lipinski definition) is 4. The SMILES string of the molecule is CC(=O)Nc1ccc(C)c(NC(=O)CSCc2ccc(C#N)cc2)c1. The molecule has 0 atom stereocenters. The number of carbonyl (C=O) groups is 2. The summed E-state index contributed by atoms with van der Waals surface area (Å²) in [5.41, 5.74) is 3.97. The van der Waals surface area contributed by atoms with Gasteiger partial charge in [-0.15, -0.1) is 11.8 Å². The van der Waals surface area contributed by atoms with E-state index >= 15 is 0 Å². The van der Waals surface area contributed by atoms with E-state index in [2.05, 4.69) is 16.7 Å². The van der Waals surface area contributed by atoms with Gasteiger partial charge in [0.25, 0.3) is 0 Å². The monoisotopic (exact) mass is 353 g/mol. The number of nitriles is 1. The summed E-state index contributed by atoms with van der Waals surface area (Å²) in [5, 5.41) is 14.4. The molecule has 0 fully saturated rings. The van der Waals surface area contributed by atoms with Gasteiger partial charge in [0.05, 0.1) is 17.4 Å². The van der Waals surface area contributed by atoms with Crippen molar-refractivity contribution in [2.24, 2.45) is 0 Å². The Hall–Kier alpha value is -2.78. The van der Waals surface area contributed by atoms with Crippen molar-refractivity contribution in [2.45, 2.75) is 19.6 Å². The molecular formula is C19H19N3O2S. The minimum Gasteiger partial charge on any atom is -0.326 e. The summed E-state index contributed by atoms with van der Waals surface area (Å²) in [6, 6.07) is 14.8. The van der Waals surface area contributed by atoms with Crippen LogP contribution in [-0.2, 0) is 15.3 Å². The maximum absolute atomic E-state index is 12.1. The van der Waals surface area contributed by atoms with Crippen LogP contribution in [0.15, 0.2) is 42.5 Å². The molecule has 2 aromatic carbocycles. The summed E-state index contributed by atoms with van der Waals surface area (Å²) in [7, 11) is 0. The standard InChI is InChI=1S/C19H19N3O2S/c1-13-3-8-17(21-14(2)23)9-18(13)22-19(24)12-25-11-16-6-4-15(10-20)5-7-16/h3-9H,11-12H2,1-2H3,(H,21,23)(H,22,24). The Morgan fingerprint density at radius 1 is 1.12 bits per heavy atom. The fraction of sp³-hybridized carbons (Fsp3) is 0.211. The van der Waals surface area contributed by atoms with Gasteiger partial charge >= 0.3 is 0 Å². The first-order valence-corrected chi connectivity index (χ1v) is 8.88. The molecule has 2 amide bonds. The zero-order valence-corrected chi connectivity index (χ0v) is 14.9. The van der Waals surface area contributed by atoms with Crippen molar-refractivity contribution in [3.63, 3.8) is 0 Å². The molecule has 2 aromatic rings. The summed E-state index contributed by atoms with van der Waals surface area (Å²) < 4.78 is 0. The first kappa shape index (κ1) is 18.6. The van der Waals surface area contributed by atoms with Crippen LogP contribution in [0.2, 0.25) is 0 Å². The highest BCUT2D eigenvalue weighted by Gasteiger charge is 2.07. The molecule has 0 saturated heterocycles. The molecule has 2 N–H and O–H groups in total. The van der Waals surface area contributed by atoms with Crippen molar-refractivity contribution in [1.29, 1.82) is 5.26 Å². The van der Waals surface area contributed by atoms with Gasteiger partial charge in [0.2, 0.25) is 11.8 Å². The molecule has 0 radical (unpaired) electrons. The van der Waals surface area contributed by atoms with Gasteiger partial charge in [-0.25, -0.2) is 0 Å². The van der Waals surface area contributed by atoms with Crippen LogP contribution < -0.4 is 10.6 Å². The highest BCUT2D eigenvalue weighted by atomic mass is 32.2. The zero-order valence-electron chi connectivity index (χ0n) is 14.1. The van der Waals surface area contributed by atoms with Crippen molar-refractivity contribution < 1.29 is 9.59 Å². The van der Waals surface area contributed by atoms with Crippen molar-refractivity contribution in [2.75, 3.05) is 16.4 Å². The van der Waals surface area contributed by atoms with Gasteiger partial charge < -0.3 is 10.6 Å². The van der Waals surface area contributed by atoms with Gasteiger partial charge in [0.15, 0.2) is 0 Å². The third-order valence-corrected chi connectivity index (χ3v) is 4.42. The summed E-state index contributed by atoms with van der Waals surface area (Å²) >= 11 is 1.50.